The molecule has 0 bridgehead atoms. The van der Waals surface area contributed by atoms with Gasteiger partial charge in [-0.15, -0.1) is 0 Å². The van der Waals surface area contributed by atoms with E-state index in [0.29, 0.717) is 37.6 Å². The molecule has 2 aliphatic rings. The molecular weight excluding hydrogens is 408 g/mol. The van der Waals surface area contributed by atoms with Crippen molar-refractivity contribution in [2.75, 3.05) is 26.8 Å². The third-order valence-corrected chi connectivity index (χ3v) is 5.87. The highest BCUT2D eigenvalue weighted by atomic mass is 16.6. The molecule has 2 amide bonds. The number of methoxy groups -OCH3 is 1. The molecule has 2 aromatic rings. The molecule has 0 aromatic heterocycles. The van der Waals surface area contributed by atoms with Gasteiger partial charge in [-0.2, -0.15) is 0 Å². The lowest BCUT2D eigenvalue weighted by atomic mass is 9.89. The van der Waals surface area contributed by atoms with Crippen LogP contribution in [0.15, 0.2) is 42.5 Å². The average molecular weight is 439 g/mol. The largest absolute Gasteiger partial charge is 0.497 e. The molecule has 1 saturated heterocycles. The van der Waals surface area contributed by atoms with Crippen molar-refractivity contribution in [2.45, 2.75) is 38.8 Å². The van der Waals surface area contributed by atoms with Crippen LogP contribution < -0.4 is 14.8 Å². The lowest BCUT2D eigenvalue weighted by Crippen LogP contribution is -2.35. The number of likely N-dealkylation sites (tertiary alicyclic amines) is 1. The van der Waals surface area contributed by atoms with Crippen molar-refractivity contribution < 1.29 is 23.8 Å². The minimum absolute atomic E-state index is 0.0708. The fraction of sp³-hybridized carbons (Fsp3) is 0.440. The van der Waals surface area contributed by atoms with E-state index in [-0.39, 0.29) is 23.8 Å². The fourth-order valence-electron chi connectivity index (χ4n) is 4.23. The highest BCUT2D eigenvalue weighted by Crippen LogP contribution is 2.35. The molecule has 0 saturated carbocycles. The van der Waals surface area contributed by atoms with Crippen molar-refractivity contribution in [3.05, 3.63) is 59.2 Å². The lowest BCUT2D eigenvalue weighted by molar-refractivity contribution is 0.0283. The van der Waals surface area contributed by atoms with Crippen LogP contribution in [0.3, 0.4) is 0 Å². The van der Waals surface area contributed by atoms with E-state index in [2.05, 4.69) is 5.32 Å². The van der Waals surface area contributed by atoms with Crippen LogP contribution in [-0.2, 0) is 11.3 Å². The maximum atomic E-state index is 12.7. The van der Waals surface area contributed by atoms with Gasteiger partial charge in [-0.3, -0.25) is 4.79 Å². The second kappa shape index (κ2) is 8.73. The molecule has 0 unspecified atom stereocenters. The first kappa shape index (κ1) is 22.0. The van der Waals surface area contributed by atoms with Crippen LogP contribution in [0.25, 0.3) is 0 Å². The van der Waals surface area contributed by atoms with Crippen LogP contribution in [0.2, 0.25) is 0 Å². The van der Waals surface area contributed by atoms with Crippen LogP contribution in [0.4, 0.5) is 4.79 Å². The van der Waals surface area contributed by atoms with Crippen molar-refractivity contribution >= 4 is 12.0 Å². The van der Waals surface area contributed by atoms with Crippen LogP contribution in [-0.4, -0.2) is 49.3 Å². The molecule has 0 aliphatic carbocycles. The summed E-state index contributed by atoms with van der Waals surface area (Å²) in [4.78, 5) is 26.4. The number of carbonyl (C=O) groups is 2. The van der Waals surface area contributed by atoms with Gasteiger partial charge in [0.05, 0.1) is 13.7 Å². The zero-order valence-electron chi connectivity index (χ0n) is 19.0. The monoisotopic (exact) mass is 438 g/mol. The Hall–Kier alpha value is -3.22. The quantitative estimate of drug-likeness (QED) is 0.764. The molecule has 1 N–H and O–H groups in total. The van der Waals surface area contributed by atoms with Crippen LogP contribution in [0, 0.1) is 5.92 Å². The molecule has 2 heterocycles. The molecular formula is C25H30N2O5. The molecule has 2 aliphatic heterocycles. The molecule has 170 valence electrons. The maximum Gasteiger partial charge on any atom is 0.410 e. The van der Waals surface area contributed by atoms with Gasteiger partial charge in [0.2, 0.25) is 0 Å². The average Bonchev–Trinajstić information content (AvgIpc) is 3.35. The number of fused-ring (bicyclic) bond motifs is 1. The van der Waals surface area contributed by atoms with E-state index in [9.17, 15) is 9.59 Å². The van der Waals surface area contributed by atoms with E-state index < -0.39 is 5.60 Å². The second-order valence-electron chi connectivity index (χ2n) is 9.34. The number of carbonyl (C=O) groups excluding carboxylic acids is 2. The standard InChI is InChI=1S/C25H30N2O5/c1-25(2,3)32-24(29)27-13-18(22(14-27)16-5-8-19(30-4)9-6-16)15-31-20-10-7-17-12-26-23(28)21(17)11-20/h5-11,18,22H,12-15H2,1-4H3,(H,26,28)/t18-,22-/m1/s1. The van der Waals surface area contributed by atoms with E-state index in [1.54, 1.807) is 18.1 Å². The van der Waals surface area contributed by atoms with Crippen LogP contribution in [0.5, 0.6) is 11.5 Å². The highest BCUT2D eigenvalue weighted by Gasteiger charge is 2.38. The van der Waals surface area contributed by atoms with Gasteiger partial charge in [-0.1, -0.05) is 18.2 Å². The SMILES string of the molecule is COc1ccc([C@H]2CN(C(=O)OC(C)(C)C)C[C@@H]2COc2ccc3c(c2)C(=O)NC3)cc1. The van der Waals surface area contributed by atoms with Gasteiger partial charge in [0, 0.05) is 37.0 Å². The van der Waals surface area contributed by atoms with Crippen molar-refractivity contribution in [2.24, 2.45) is 5.92 Å². The minimum Gasteiger partial charge on any atom is -0.497 e. The van der Waals surface area contributed by atoms with Crippen molar-refractivity contribution in [1.82, 2.24) is 10.2 Å². The Balaban J connectivity index is 1.50. The molecule has 7 heteroatoms. The minimum atomic E-state index is -0.549. The number of amides is 2. The molecule has 7 nitrogen and oxygen atoms in total. The van der Waals surface area contributed by atoms with Gasteiger partial charge in [0.15, 0.2) is 0 Å². The summed E-state index contributed by atoms with van der Waals surface area (Å²) in [5.74, 6) is 1.56. The summed E-state index contributed by atoms with van der Waals surface area (Å²) in [6.07, 6.45) is -0.312. The molecule has 32 heavy (non-hydrogen) atoms. The second-order valence-corrected chi connectivity index (χ2v) is 9.34. The Labute approximate surface area is 188 Å². The normalized spacial score (nSPS) is 20.0. The number of hydrogen-bond acceptors (Lipinski definition) is 5. The van der Waals surface area contributed by atoms with Crippen molar-refractivity contribution in [1.29, 1.82) is 0 Å². The molecule has 2 aromatic carbocycles. The maximum absolute atomic E-state index is 12.7. The zero-order chi connectivity index (χ0) is 22.9. The third-order valence-electron chi connectivity index (χ3n) is 5.87. The molecule has 2 atom stereocenters. The van der Waals surface area contributed by atoms with E-state index in [0.717, 1.165) is 16.9 Å². The summed E-state index contributed by atoms with van der Waals surface area (Å²) in [6, 6.07) is 13.5. The molecule has 0 spiro atoms. The van der Waals surface area contributed by atoms with Gasteiger partial charge in [-0.05, 0) is 56.2 Å². The summed E-state index contributed by atoms with van der Waals surface area (Å²) in [5.41, 5.74) is 2.22. The van der Waals surface area contributed by atoms with E-state index >= 15 is 0 Å². The number of nitrogens with zero attached hydrogens (tertiary/aromatic N) is 1. The van der Waals surface area contributed by atoms with Crippen LogP contribution >= 0.6 is 0 Å². The van der Waals surface area contributed by atoms with Gasteiger partial charge in [-0.25, -0.2) is 4.79 Å². The number of benzene rings is 2. The first-order valence-electron chi connectivity index (χ1n) is 10.9. The summed E-state index contributed by atoms with van der Waals surface area (Å²) in [7, 11) is 1.64. The predicted octanol–water partition coefficient (Wildman–Crippen LogP) is 3.97. The Kier molecular flexibility index (Phi) is 6.00. The smallest absolute Gasteiger partial charge is 0.410 e. The number of ether oxygens (including phenoxy) is 3. The first-order valence-corrected chi connectivity index (χ1v) is 10.9. The van der Waals surface area contributed by atoms with Gasteiger partial charge in [0.25, 0.3) is 5.91 Å². The Morgan fingerprint density at radius 3 is 2.50 bits per heavy atom. The molecule has 4 rings (SSSR count). The zero-order valence-corrected chi connectivity index (χ0v) is 19.0. The Bertz CT molecular complexity index is 996. The summed E-state index contributed by atoms with van der Waals surface area (Å²) >= 11 is 0. The van der Waals surface area contributed by atoms with Crippen LogP contribution in [0.1, 0.15) is 48.2 Å². The number of rotatable bonds is 5. The third kappa shape index (κ3) is 4.82. The summed E-state index contributed by atoms with van der Waals surface area (Å²) in [5, 5.41) is 2.82. The Morgan fingerprint density at radius 2 is 1.81 bits per heavy atom. The summed E-state index contributed by atoms with van der Waals surface area (Å²) in [6.45, 7) is 7.68. The predicted molar refractivity (Wildman–Crippen MR) is 120 cm³/mol. The lowest BCUT2D eigenvalue weighted by Gasteiger charge is -2.24. The van der Waals surface area contributed by atoms with E-state index in [1.807, 2.05) is 57.2 Å². The number of nitrogens with one attached hydrogen (secondary N) is 1. The molecule has 1 fully saturated rings. The first-order chi connectivity index (χ1) is 15.2. The van der Waals surface area contributed by atoms with Gasteiger partial charge < -0.3 is 24.4 Å². The van der Waals surface area contributed by atoms with E-state index in [4.69, 9.17) is 14.2 Å². The van der Waals surface area contributed by atoms with Gasteiger partial charge >= 0.3 is 6.09 Å². The van der Waals surface area contributed by atoms with Crippen molar-refractivity contribution in [3.63, 3.8) is 0 Å². The molecule has 0 radical (unpaired) electrons. The summed E-state index contributed by atoms with van der Waals surface area (Å²) < 4.78 is 17.0. The topological polar surface area (TPSA) is 77.1 Å². The fourth-order valence-corrected chi connectivity index (χ4v) is 4.23. The number of hydrogen-bond donors (Lipinski definition) is 1. The Morgan fingerprint density at radius 1 is 1.09 bits per heavy atom. The van der Waals surface area contributed by atoms with Gasteiger partial charge in [0.1, 0.15) is 17.1 Å². The van der Waals surface area contributed by atoms with E-state index in [1.165, 1.54) is 0 Å². The highest BCUT2D eigenvalue weighted by molar-refractivity contribution is 5.98. The van der Waals surface area contributed by atoms with Crippen molar-refractivity contribution in [3.8, 4) is 11.5 Å².